The topological polar surface area (TPSA) is 55.1 Å². The highest BCUT2D eigenvalue weighted by Gasteiger charge is 2.14. The molecule has 0 unspecified atom stereocenters. The number of hydrogen-bond acceptors (Lipinski definition) is 2. The lowest BCUT2D eigenvalue weighted by molar-refractivity contribution is 0.102. The summed E-state index contributed by atoms with van der Waals surface area (Å²) in [6, 6.07) is 8.44. The second kappa shape index (κ2) is 5.73. The van der Waals surface area contributed by atoms with Gasteiger partial charge in [0.15, 0.2) is 0 Å². The Morgan fingerprint density at radius 1 is 1.15 bits per heavy atom. The molecule has 0 aliphatic carbocycles. The minimum atomic E-state index is -0.288. The molecule has 0 fully saturated rings. The number of carbonyl (C=O) groups excluding carboxylic acids is 1. The Labute approximate surface area is 127 Å². The molecular formula is C15H14Cl2N2O. The van der Waals surface area contributed by atoms with E-state index in [1.807, 2.05) is 26.0 Å². The third-order valence-electron chi connectivity index (χ3n) is 3.13. The molecule has 2 aromatic carbocycles. The van der Waals surface area contributed by atoms with E-state index < -0.39 is 0 Å². The zero-order valence-electron chi connectivity index (χ0n) is 11.1. The van der Waals surface area contributed by atoms with Crippen LogP contribution in [0.15, 0.2) is 30.3 Å². The van der Waals surface area contributed by atoms with Crippen molar-refractivity contribution < 1.29 is 4.79 Å². The van der Waals surface area contributed by atoms with Gasteiger partial charge in [-0.3, -0.25) is 4.79 Å². The fraction of sp³-hybridized carbons (Fsp3) is 0.133. The summed E-state index contributed by atoms with van der Waals surface area (Å²) in [4.78, 5) is 12.3. The van der Waals surface area contributed by atoms with E-state index in [1.54, 1.807) is 12.1 Å². The van der Waals surface area contributed by atoms with Crippen LogP contribution in [0.3, 0.4) is 0 Å². The van der Waals surface area contributed by atoms with Crippen molar-refractivity contribution in [1.29, 1.82) is 0 Å². The first-order chi connectivity index (χ1) is 9.40. The molecule has 2 rings (SSSR count). The van der Waals surface area contributed by atoms with Gasteiger partial charge >= 0.3 is 0 Å². The second-order valence-corrected chi connectivity index (χ2v) is 5.39. The van der Waals surface area contributed by atoms with Gasteiger partial charge in [0.25, 0.3) is 5.91 Å². The Hall–Kier alpha value is -1.71. The van der Waals surface area contributed by atoms with E-state index in [1.165, 1.54) is 6.07 Å². The molecule has 0 saturated carbocycles. The standard InChI is InChI=1S/C15H14Cl2N2O/c1-8-3-6-13(18)9(2)14(8)19-15(20)11-5-4-10(16)7-12(11)17/h3-7H,18H2,1-2H3,(H,19,20). The molecule has 5 heteroatoms. The van der Waals surface area contributed by atoms with Crippen molar-refractivity contribution in [3.63, 3.8) is 0 Å². The summed E-state index contributed by atoms with van der Waals surface area (Å²) in [7, 11) is 0. The van der Waals surface area contributed by atoms with Crippen LogP contribution in [-0.2, 0) is 0 Å². The summed E-state index contributed by atoms with van der Waals surface area (Å²) in [6.45, 7) is 3.77. The number of anilines is 2. The van der Waals surface area contributed by atoms with Crippen LogP contribution < -0.4 is 11.1 Å². The molecule has 0 heterocycles. The molecule has 20 heavy (non-hydrogen) atoms. The van der Waals surface area contributed by atoms with Crippen LogP contribution in [0.1, 0.15) is 21.5 Å². The normalized spacial score (nSPS) is 10.4. The van der Waals surface area contributed by atoms with Gasteiger partial charge in [-0.15, -0.1) is 0 Å². The maximum atomic E-state index is 12.3. The van der Waals surface area contributed by atoms with Crippen LogP contribution in [0.2, 0.25) is 10.0 Å². The molecule has 0 saturated heterocycles. The largest absolute Gasteiger partial charge is 0.398 e. The first-order valence-electron chi connectivity index (χ1n) is 6.02. The van der Waals surface area contributed by atoms with Gasteiger partial charge in [-0.2, -0.15) is 0 Å². The van der Waals surface area contributed by atoms with E-state index >= 15 is 0 Å². The first kappa shape index (κ1) is 14.7. The van der Waals surface area contributed by atoms with Crippen molar-refractivity contribution in [1.82, 2.24) is 0 Å². The Morgan fingerprint density at radius 2 is 1.85 bits per heavy atom. The predicted octanol–water partition coefficient (Wildman–Crippen LogP) is 4.44. The smallest absolute Gasteiger partial charge is 0.257 e. The molecule has 0 spiro atoms. The van der Waals surface area contributed by atoms with Gasteiger partial charge < -0.3 is 11.1 Å². The van der Waals surface area contributed by atoms with Gasteiger partial charge in [-0.1, -0.05) is 29.3 Å². The Kier molecular flexibility index (Phi) is 4.21. The molecule has 2 aromatic rings. The van der Waals surface area contributed by atoms with E-state index in [0.29, 0.717) is 27.0 Å². The van der Waals surface area contributed by atoms with Gasteiger partial charge in [0.1, 0.15) is 0 Å². The summed E-state index contributed by atoms with van der Waals surface area (Å²) in [5.74, 6) is -0.288. The molecule has 0 atom stereocenters. The number of nitrogen functional groups attached to an aromatic ring is 1. The average molecular weight is 309 g/mol. The summed E-state index contributed by atoms with van der Waals surface area (Å²) in [5.41, 5.74) is 9.35. The lowest BCUT2D eigenvalue weighted by atomic mass is 10.1. The van der Waals surface area contributed by atoms with Crippen LogP contribution >= 0.6 is 23.2 Å². The fourth-order valence-corrected chi connectivity index (χ4v) is 2.40. The molecular weight excluding hydrogens is 295 g/mol. The lowest BCUT2D eigenvalue weighted by Crippen LogP contribution is -2.14. The molecule has 3 nitrogen and oxygen atoms in total. The van der Waals surface area contributed by atoms with Gasteiger partial charge in [-0.25, -0.2) is 0 Å². The summed E-state index contributed by atoms with van der Waals surface area (Å²) in [5, 5.41) is 3.65. The van der Waals surface area contributed by atoms with E-state index in [0.717, 1.165) is 11.1 Å². The highest BCUT2D eigenvalue weighted by Crippen LogP contribution is 2.27. The first-order valence-corrected chi connectivity index (χ1v) is 6.78. The summed E-state index contributed by atoms with van der Waals surface area (Å²) < 4.78 is 0. The van der Waals surface area contributed by atoms with Gasteiger partial charge in [0, 0.05) is 16.4 Å². The van der Waals surface area contributed by atoms with E-state index in [-0.39, 0.29) is 5.91 Å². The highest BCUT2D eigenvalue weighted by atomic mass is 35.5. The van der Waals surface area contributed by atoms with Crippen molar-refractivity contribution >= 4 is 40.5 Å². The molecule has 1 amide bonds. The van der Waals surface area contributed by atoms with E-state index in [2.05, 4.69) is 5.32 Å². The molecule has 0 aromatic heterocycles. The minimum Gasteiger partial charge on any atom is -0.398 e. The van der Waals surface area contributed by atoms with E-state index in [9.17, 15) is 4.79 Å². The van der Waals surface area contributed by atoms with Crippen LogP contribution in [0.4, 0.5) is 11.4 Å². The number of benzene rings is 2. The SMILES string of the molecule is Cc1ccc(N)c(C)c1NC(=O)c1ccc(Cl)cc1Cl. The van der Waals surface area contributed by atoms with Crippen LogP contribution in [-0.4, -0.2) is 5.91 Å². The molecule has 104 valence electrons. The van der Waals surface area contributed by atoms with E-state index in [4.69, 9.17) is 28.9 Å². The Balaban J connectivity index is 2.35. The van der Waals surface area contributed by atoms with Crippen molar-refractivity contribution in [3.8, 4) is 0 Å². The minimum absolute atomic E-state index is 0.288. The van der Waals surface area contributed by atoms with Crippen molar-refractivity contribution in [2.45, 2.75) is 13.8 Å². The summed E-state index contributed by atoms with van der Waals surface area (Å²) >= 11 is 11.9. The van der Waals surface area contributed by atoms with Crippen LogP contribution in [0, 0.1) is 13.8 Å². The van der Waals surface area contributed by atoms with Gasteiger partial charge in [0.2, 0.25) is 0 Å². The molecule has 0 aliphatic rings. The van der Waals surface area contributed by atoms with Crippen molar-refractivity contribution in [2.24, 2.45) is 0 Å². The van der Waals surface area contributed by atoms with Crippen molar-refractivity contribution in [3.05, 3.63) is 57.1 Å². The fourth-order valence-electron chi connectivity index (χ4n) is 1.91. The lowest BCUT2D eigenvalue weighted by Gasteiger charge is -2.14. The zero-order valence-corrected chi connectivity index (χ0v) is 12.6. The number of carbonyl (C=O) groups is 1. The maximum absolute atomic E-state index is 12.3. The third kappa shape index (κ3) is 2.89. The number of rotatable bonds is 2. The number of hydrogen-bond donors (Lipinski definition) is 2. The Bertz CT molecular complexity index is 684. The van der Waals surface area contributed by atoms with Crippen LogP contribution in [0.5, 0.6) is 0 Å². The second-order valence-electron chi connectivity index (χ2n) is 4.55. The van der Waals surface area contributed by atoms with Gasteiger partial charge in [0.05, 0.1) is 10.6 Å². The summed E-state index contributed by atoms with van der Waals surface area (Å²) in [6.07, 6.45) is 0. The zero-order chi connectivity index (χ0) is 14.9. The number of amides is 1. The third-order valence-corrected chi connectivity index (χ3v) is 3.68. The highest BCUT2D eigenvalue weighted by molar-refractivity contribution is 6.37. The number of nitrogens with one attached hydrogen (secondary N) is 1. The van der Waals surface area contributed by atoms with Crippen LogP contribution in [0.25, 0.3) is 0 Å². The number of nitrogens with two attached hydrogens (primary N) is 1. The monoisotopic (exact) mass is 308 g/mol. The Morgan fingerprint density at radius 3 is 2.50 bits per heavy atom. The molecule has 0 aliphatic heterocycles. The van der Waals surface area contributed by atoms with Gasteiger partial charge in [-0.05, 0) is 49.2 Å². The molecule has 0 radical (unpaired) electrons. The number of halogens is 2. The molecule has 3 N–H and O–H groups in total. The predicted molar refractivity (Wildman–Crippen MR) is 84.7 cm³/mol. The maximum Gasteiger partial charge on any atom is 0.257 e. The molecule has 0 bridgehead atoms. The average Bonchev–Trinajstić information content (AvgIpc) is 2.39. The number of aryl methyl sites for hydroxylation is 1. The van der Waals surface area contributed by atoms with Crippen molar-refractivity contribution in [2.75, 3.05) is 11.1 Å². The quantitative estimate of drug-likeness (QED) is 0.806.